The van der Waals surface area contributed by atoms with E-state index in [-0.39, 0.29) is 11.8 Å². The number of nitrogens with one attached hydrogen (secondary N) is 1. The Morgan fingerprint density at radius 2 is 1.92 bits per heavy atom. The number of carbonyl (C=O) groups excluding carboxylic acids is 1. The maximum absolute atomic E-state index is 13.0. The average molecular weight is 323 g/mol. The van der Waals surface area contributed by atoms with Gasteiger partial charge in [-0.3, -0.25) is 0 Å². The summed E-state index contributed by atoms with van der Waals surface area (Å²) in [6, 6.07) is 11.9. The van der Waals surface area contributed by atoms with Gasteiger partial charge in [0.15, 0.2) is 0 Å². The summed E-state index contributed by atoms with van der Waals surface area (Å²) in [5, 5.41) is 4.11. The predicted octanol–water partition coefficient (Wildman–Crippen LogP) is 3.91. The van der Waals surface area contributed by atoms with E-state index >= 15 is 0 Å². The maximum atomic E-state index is 13.0. The van der Waals surface area contributed by atoms with Crippen LogP contribution in [-0.4, -0.2) is 22.0 Å². The van der Waals surface area contributed by atoms with Gasteiger partial charge in [-0.15, -0.1) is 0 Å². The Balaban J connectivity index is 1.59. The van der Waals surface area contributed by atoms with Crippen LogP contribution in [0.25, 0.3) is 10.9 Å². The number of nitrogens with zero attached hydrogens (tertiary/aromatic N) is 2. The number of benzene rings is 2. The number of anilines is 1. The van der Waals surface area contributed by atoms with Crippen molar-refractivity contribution in [3.05, 3.63) is 65.6 Å². The molecule has 1 aromatic heterocycles. The van der Waals surface area contributed by atoms with Crippen LogP contribution in [0.4, 0.5) is 14.9 Å². The zero-order chi connectivity index (χ0) is 16.7. The fourth-order valence-corrected chi connectivity index (χ4v) is 3.39. The molecule has 24 heavy (non-hydrogen) atoms. The number of urea groups is 1. The molecule has 2 heterocycles. The van der Waals surface area contributed by atoms with Crippen molar-refractivity contribution in [1.29, 1.82) is 0 Å². The minimum Gasteiger partial charge on any atom is -0.350 e. The highest BCUT2D eigenvalue weighted by atomic mass is 19.1. The van der Waals surface area contributed by atoms with Gasteiger partial charge in [0.2, 0.25) is 0 Å². The van der Waals surface area contributed by atoms with E-state index in [2.05, 4.69) is 35.3 Å². The molecular weight excluding hydrogens is 305 g/mol. The molecular formula is C19H18FN3O. The van der Waals surface area contributed by atoms with E-state index in [0.717, 1.165) is 12.0 Å². The Hall–Kier alpha value is -2.82. The van der Waals surface area contributed by atoms with E-state index in [1.165, 1.54) is 28.6 Å². The summed E-state index contributed by atoms with van der Waals surface area (Å²) < 4.78 is 15.1. The van der Waals surface area contributed by atoms with Crippen LogP contribution in [0.1, 0.15) is 11.1 Å². The molecule has 2 amide bonds. The summed E-state index contributed by atoms with van der Waals surface area (Å²) in [6.07, 6.45) is 2.97. The second-order valence-electron chi connectivity index (χ2n) is 6.19. The van der Waals surface area contributed by atoms with Crippen molar-refractivity contribution in [2.75, 3.05) is 11.9 Å². The molecule has 0 aliphatic carbocycles. The SMILES string of the molecule is Cn1cc2c3c(cccc31)CN(C(=O)Nc1ccc(F)cc1)CC2. The summed E-state index contributed by atoms with van der Waals surface area (Å²) in [7, 11) is 2.05. The lowest BCUT2D eigenvalue weighted by molar-refractivity contribution is 0.210. The number of hydrogen-bond donors (Lipinski definition) is 1. The molecule has 1 aliphatic heterocycles. The molecule has 0 unspecified atom stereocenters. The van der Waals surface area contributed by atoms with Crippen LogP contribution in [0.15, 0.2) is 48.7 Å². The minimum absolute atomic E-state index is 0.159. The summed E-state index contributed by atoms with van der Waals surface area (Å²) in [4.78, 5) is 14.4. The maximum Gasteiger partial charge on any atom is 0.322 e. The lowest BCUT2D eigenvalue weighted by Crippen LogP contribution is -2.35. The second kappa shape index (κ2) is 5.67. The standard InChI is InChI=1S/C19H18FN3O/c1-22-11-14-9-10-23(12-13-3-2-4-17(22)18(13)14)19(24)21-16-7-5-15(20)6-8-16/h2-8,11H,9-10,12H2,1H3,(H,21,24). The molecule has 0 saturated carbocycles. The number of carbonyl (C=O) groups is 1. The average Bonchev–Trinajstić information content (AvgIpc) is 2.78. The van der Waals surface area contributed by atoms with Crippen LogP contribution >= 0.6 is 0 Å². The Bertz CT molecular complexity index is 914. The highest BCUT2D eigenvalue weighted by Gasteiger charge is 2.21. The lowest BCUT2D eigenvalue weighted by Gasteiger charge is -2.21. The summed E-state index contributed by atoms with van der Waals surface area (Å²) in [6.45, 7) is 1.22. The normalized spacial score (nSPS) is 13.8. The van der Waals surface area contributed by atoms with Crippen molar-refractivity contribution in [2.24, 2.45) is 7.05 Å². The Morgan fingerprint density at radius 3 is 2.71 bits per heavy atom. The van der Waals surface area contributed by atoms with Crippen molar-refractivity contribution in [3.63, 3.8) is 0 Å². The molecule has 0 radical (unpaired) electrons. The van der Waals surface area contributed by atoms with Gasteiger partial charge in [0.1, 0.15) is 5.82 Å². The molecule has 0 fully saturated rings. The van der Waals surface area contributed by atoms with Gasteiger partial charge in [-0.1, -0.05) is 12.1 Å². The topological polar surface area (TPSA) is 37.3 Å². The molecule has 0 saturated heterocycles. The van der Waals surface area contributed by atoms with Crippen molar-refractivity contribution >= 4 is 22.6 Å². The molecule has 0 spiro atoms. The van der Waals surface area contributed by atoms with Gasteiger partial charge in [-0.25, -0.2) is 9.18 Å². The number of rotatable bonds is 1. The molecule has 4 rings (SSSR count). The van der Waals surface area contributed by atoms with Gasteiger partial charge in [0, 0.05) is 42.9 Å². The van der Waals surface area contributed by atoms with E-state index in [1.54, 1.807) is 17.0 Å². The predicted molar refractivity (Wildman–Crippen MR) is 92.5 cm³/mol. The first-order valence-corrected chi connectivity index (χ1v) is 7.99. The van der Waals surface area contributed by atoms with Crippen LogP contribution in [-0.2, 0) is 20.0 Å². The fourth-order valence-electron chi connectivity index (χ4n) is 3.39. The number of hydrogen-bond acceptors (Lipinski definition) is 1. The van der Waals surface area contributed by atoms with E-state index < -0.39 is 0 Å². The molecule has 0 bridgehead atoms. The van der Waals surface area contributed by atoms with Crippen LogP contribution in [0.2, 0.25) is 0 Å². The molecule has 4 nitrogen and oxygen atoms in total. The fraction of sp³-hybridized carbons (Fsp3) is 0.211. The molecule has 1 aliphatic rings. The molecule has 1 N–H and O–H groups in total. The molecule has 0 atom stereocenters. The zero-order valence-corrected chi connectivity index (χ0v) is 13.4. The van der Waals surface area contributed by atoms with Crippen LogP contribution in [0.3, 0.4) is 0 Å². The lowest BCUT2D eigenvalue weighted by atomic mass is 10.1. The quantitative estimate of drug-likeness (QED) is 0.724. The Morgan fingerprint density at radius 1 is 1.12 bits per heavy atom. The van der Waals surface area contributed by atoms with Gasteiger partial charge in [0.25, 0.3) is 0 Å². The Labute approximate surface area is 139 Å². The van der Waals surface area contributed by atoms with Crippen LogP contribution < -0.4 is 5.32 Å². The third-order valence-electron chi connectivity index (χ3n) is 4.57. The number of aryl methyl sites for hydroxylation is 1. The number of amides is 2. The van der Waals surface area contributed by atoms with E-state index in [1.807, 2.05) is 6.07 Å². The van der Waals surface area contributed by atoms with E-state index in [9.17, 15) is 9.18 Å². The Kier molecular flexibility index (Phi) is 3.49. The van der Waals surface area contributed by atoms with Crippen molar-refractivity contribution in [2.45, 2.75) is 13.0 Å². The van der Waals surface area contributed by atoms with Crippen molar-refractivity contribution in [1.82, 2.24) is 9.47 Å². The largest absolute Gasteiger partial charge is 0.350 e. The van der Waals surface area contributed by atoms with E-state index in [0.29, 0.717) is 18.8 Å². The smallest absolute Gasteiger partial charge is 0.322 e. The first-order valence-electron chi connectivity index (χ1n) is 7.99. The molecule has 122 valence electrons. The minimum atomic E-state index is -0.315. The van der Waals surface area contributed by atoms with Crippen LogP contribution in [0.5, 0.6) is 0 Å². The number of halogens is 1. The highest BCUT2D eigenvalue weighted by molar-refractivity contribution is 5.91. The first-order chi connectivity index (χ1) is 11.6. The van der Waals surface area contributed by atoms with Crippen molar-refractivity contribution < 1.29 is 9.18 Å². The highest BCUT2D eigenvalue weighted by Crippen LogP contribution is 2.29. The van der Waals surface area contributed by atoms with Gasteiger partial charge in [-0.2, -0.15) is 0 Å². The molecule has 5 heteroatoms. The second-order valence-corrected chi connectivity index (χ2v) is 6.19. The van der Waals surface area contributed by atoms with Gasteiger partial charge >= 0.3 is 6.03 Å². The third kappa shape index (κ3) is 2.52. The summed E-state index contributed by atoms with van der Waals surface area (Å²) in [5.41, 5.74) is 4.24. The summed E-state index contributed by atoms with van der Waals surface area (Å²) >= 11 is 0. The van der Waals surface area contributed by atoms with Gasteiger partial charge < -0.3 is 14.8 Å². The molecule has 3 aromatic rings. The van der Waals surface area contributed by atoms with Crippen molar-refractivity contribution in [3.8, 4) is 0 Å². The van der Waals surface area contributed by atoms with E-state index in [4.69, 9.17) is 0 Å². The third-order valence-corrected chi connectivity index (χ3v) is 4.57. The van der Waals surface area contributed by atoms with Gasteiger partial charge in [-0.05, 0) is 47.9 Å². The summed E-state index contributed by atoms with van der Waals surface area (Å²) in [5.74, 6) is -0.315. The van der Waals surface area contributed by atoms with Crippen LogP contribution in [0, 0.1) is 5.82 Å². The number of aromatic nitrogens is 1. The first kappa shape index (κ1) is 14.8. The monoisotopic (exact) mass is 323 g/mol. The zero-order valence-electron chi connectivity index (χ0n) is 13.4. The molecule has 2 aromatic carbocycles. The van der Waals surface area contributed by atoms with Gasteiger partial charge in [0.05, 0.1) is 0 Å².